The number of ether oxygens (including phenoxy) is 1. The Morgan fingerprint density at radius 3 is 2.41 bits per heavy atom. The molecule has 0 spiro atoms. The van der Waals surface area contributed by atoms with E-state index in [-0.39, 0.29) is 5.69 Å². The molecule has 0 unspecified atom stereocenters. The molecular formula is C11H16ClNO3Si. The van der Waals surface area contributed by atoms with Gasteiger partial charge in [-0.2, -0.15) is 11.1 Å². The van der Waals surface area contributed by atoms with Crippen molar-refractivity contribution in [3.05, 3.63) is 34.4 Å². The van der Waals surface area contributed by atoms with Crippen LogP contribution in [-0.4, -0.2) is 18.9 Å². The molecule has 0 aliphatic heterocycles. The van der Waals surface area contributed by atoms with Gasteiger partial charge in [0.2, 0.25) is 0 Å². The predicted molar refractivity (Wildman–Crippen MR) is 71.4 cm³/mol. The summed E-state index contributed by atoms with van der Waals surface area (Å²) >= 11 is 6.18. The van der Waals surface area contributed by atoms with Crippen LogP contribution >= 0.6 is 11.1 Å². The lowest BCUT2D eigenvalue weighted by atomic mass is 10.3. The molecule has 4 nitrogen and oxygen atoms in total. The van der Waals surface area contributed by atoms with Crippen LogP contribution in [0.3, 0.4) is 0 Å². The molecule has 0 saturated carbocycles. The van der Waals surface area contributed by atoms with Gasteiger partial charge in [-0.25, -0.2) is 0 Å². The van der Waals surface area contributed by atoms with Crippen molar-refractivity contribution in [2.75, 3.05) is 6.61 Å². The minimum absolute atomic E-state index is 0.0756. The zero-order chi connectivity index (χ0) is 12.9. The number of rotatable bonds is 6. The molecule has 0 amide bonds. The summed E-state index contributed by atoms with van der Waals surface area (Å²) in [4.78, 5) is 10.0. The average Bonchev–Trinajstić information content (AvgIpc) is 2.24. The first-order valence-electron chi connectivity index (χ1n) is 5.45. The SMILES string of the molecule is C[Si](C)(Cl)CCCOc1ccc([N+](=O)[O-])cc1. The van der Waals surface area contributed by atoms with Gasteiger partial charge in [-0.1, -0.05) is 13.1 Å². The molecule has 0 heterocycles. The van der Waals surface area contributed by atoms with Gasteiger partial charge in [0.25, 0.3) is 5.69 Å². The van der Waals surface area contributed by atoms with Crippen molar-refractivity contribution in [2.45, 2.75) is 25.6 Å². The van der Waals surface area contributed by atoms with Gasteiger partial charge in [0.15, 0.2) is 7.38 Å². The standard InChI is InChI=1S/C11H16ClNO3Si/c1-17(2,12)9-3-8-16-11-6-4-10(5-7-11)13(14)15/h4-7H,3,8-9H2,1-2H3. The summed E-state index contributed by atoms with van der Waals surface area (Å²) in [6.07, 6.45) is 0.916. The highest BCUT2D eigenvalue weighted by Crippen LogP contribution is 2.19. The smallest absolute Gasteiger partial charge is 0.269 e. The number of hydrogen-bond donors (Lipinski definition) is 0. The minimum Gasteiger partial charge on any atom is -0.494 e. The first kappa shape index (κ1) is 14.0. The third-order valence-corrected chi connectivity index (χ3v) is 4.34. The fraction of sp³-hybridized carbons (Fsp3) is 0.455. The van der Waals surface area contributed by atoms with Crippen LogP contribution in [0, 0.1) is 10.1 Å². The molecule has 0 saturated heterocycles. The molecule has 0 aliphatic rings. The van der Waals surface area contributed by atoms with E-state index in [1.54, 1.807) is 12.1 Å². The van der Waals surface area contributed by atoms with E-state index >= 15 is 0 Å². The molecule has 6 heteroatoms. The van der Waals surface area contributed by atoms with Crippen molar-refractivity contribution >= 4 is 24.2 Å². The molecule has 0 aliphatic carbocycles. The van der Waals surface area contributed by atoms with Gasteiger partial charge >= 0.3 is 0 Å². The van der Waals surface area contributed by atoms with Crippen molar-refractivity contribution in [2.24, 2.45) is 0 Å². The Bertz CT molecular complexity index is 375. The molecule has 1 aromatic rings. The van der Waals surface area contributed by atoms with Crippen LogP contribution in [0.5, 0.6) is 5.75 Å². The van der Waals surface area contributed by atoms with Gasteiger partial charge < -0.3 is 4.74 Å². The number of nitro benzene ring substituents is 1. The maximum atomic E-state index is 10.4. The van der Waals surface area contributed by atoms with Crippen LogP contribution in [0.25, 0.3) is 0 Å². The third kappa shape index (κ3) is 5.70. The van der Waals surface area contributed by atoms with Crippen LogP contribution in [0.2, 0.25) is 19.1 Å². The van der Waals surface area contributed by atoms with E-state index in [1.165, 1.54) is 12.1 Å². The molecule has 0 fully saturated rings. The summed E-state index contributed by atoms with van der Waals surface area (Å²) in [6, 6.07) is 7.11. The zero-order valence-electron chi connectivity index (χ0n) is 9.98. The second-order valence-corrected chi connectivity index (χ2v) is 11.4. The average molecular weight is 274 g/mol. The van der Waals surface area contributed by atoms with Gasteiger partial charge in [-0.05, 0) is 24.6 Å². The fourth-order valence-corrected chi connectivity index (χ4v) is 2.73. The predicted octanol–water partition coefficient (Wildman–Crippen LogP) is 3.81. The summed E-state index contributed by atoms with van der Waals surface area (Å²) < 4.78 is 5.48. The third-order valence-electron chi connectivity index (χ3n) is 2.23. The van der Waals surface area contributed by atoms with Crippen LogP contribution in [0.4, 0.5) is 5.69 Å². The van der Waals surface area contributed by atoms with E-state index in [0.29, 0.717) is 12.4 Å². The molecule has 1 aromatic carbocycles. The largest absolute Gasteiger partial charge is 0.494 e. The van der Waals surface area contributed by atoms with Gasteiger partial charge in [0.1, 0.15) is 5.75 Å². The van der Waals surface area contributed by atoms with E-state index in [1.807, 2.05) is 0 Å². The number of hydrogen-bond acceptors (Lipinski definition) is 3. The number of nitro groups is 1. The number of non-ortho nitro benzene ring substituents is 1. The lowest BCUT2D eigenvalue weighted by Crippen LogP contribution is -2.16. The maximum Gasteiger partial charge on any atom is 0.269 e. The first-order valence-corrected chi connectivity index (χ1v) is 9.66. The van der Waals surface area contributed by atoms with E-state index in [0.717, 1.165) is 12.5 Å². The number of halogens is 1. The van der Waals surface area contributed by atoms with Gasteiger partial charge in [-0.3, -0.25) is 10.1 Å². The monoisotopic (exact) mass is 273 g/mol. The Morgan fingerprint density at radius 2 is 1.94 bits per heavy atom. The van der Waals surface area contributed by atoms with Crippen molar-refractivity contribution in [3.63, 3.8) is 0 Å². The van der Waals surface area contributed by atoms with Crippen molar-refractivity contribution < 1.29 is 9.66 Å². The molecule has 0 radical (unpaired) electrons. The molecular weight excluding hydrogens is 258 g/mol. The first-order chi connectivity index (χ1) is 7.88. The molecule has 1 rings (SSSR count). The lowest BCUT2D eigenvalue weighted by Gasteiger charge is -2.12. The zero-order valence-corrected chi connectivity index (χ0v) is 11.7. The summed E-state index contributed by atoms with van der Waals surface area (Å²) in [6.45, 7) is 4.79. The van der Waals surface area contributed by atoms with Crippen molar-refractivity contribution in [1.82, 2.24) is 0 Å². The molecule has 17 heavy (non-hydrogen) atoms. The minimum atomic E-state index is -1.52. The Kier molecular flexibility index (Phi) is 4.96. The molecule has 0 N–H and O–H groups in total. The topological polar surface area (TPSA) is 52.4 Å². The van der Waals surface area contributed by atoms with Crippen molar-refractivity contribution in [1.29, 1.82) is 0 Å². The summed E-state index contributed by atoms with van der Waals surface area (Å²) in [5.41, 5.74) is 0.0756. The van der Waals surface area contributed by atoms with Gasteiger partial charge in [-0.15, -0.1) is 0 Å². The Morgan fingerprint density at radius 1 is 1.35 bits per heavy atom. The Balaban J connectivity index is 2.35. The van der Waals surface area contributed by atoms with Crippen LogP contribution in [-0.2, 0) is 0 Å². The lowest BCUT2D eigenvalue weighted by molar-refractivity contribution is -0.384. The molecule has 94 valence electrons. The highest BCUT2D eigenvalue weighted by molar-refractivity contribution is 7.19. The summed E-state index contributed by atoms with van der Waals surface area (Å²) in [5.74, 6) is 0.657. The van der Waals surface area contributed by atoms with Gasteiger partial charge in [0, 0.05) is 12.1 Å². The van der Waals surface area contributed by atoms with E-state index in [4.69, 9.17) is 15.8 Å². The van der Waals surface area contributed by atoms with Crippen LogP contribution in [0.1, 0.15) is 6.42 Å². The summed E-state index contributed by atoms with van der Waals surface area (Å²) in [7, 11) is -1.52. The Labute approximate surface area is 106 Å². The second kappa shape index (κ2) is 6.02. The Hall–Kier alpha value is -1.07. The van der Waals surface area contributed by atoms with E-state index < -0.39 is 12.3 Å². The summed E-state index contributed by atoms with van der Waals surface area (Å²) in [5, 5.41) is 10.4. The quantitative estimate of drug-likeness (QED) is 0.260. The van der Waals surface area contributed by atoms with Crippen molar-refractivity contribution in [3.8, 4) is 5.75 Å². The van der Waals surface area contributed by atoms with E-state index in [9.17, 15) is 10.1 Å². The molecule has 0 atom stereocenters. The normalized spacial score (nSPS) is 11.2. The highest BCUT2D eigenvalue weighted by atomic mass is 35.6. The maximum absolute atomic E-state index is 10.4. The van der Waals surface area contributed by atoms with Crippen LogP contribution < -0.4 is 4.74 Å². The second-order valence-electron chi connectivity index (χ2n) is 4.42. The highest BCUT2D eigenvalue weighted by Gasteiger charge is 2.15. The molecule has 0 bridgehead atoms. The van der Waals surface area contributed by atoms with E-state index in [2.05, 4.69) is 13.1 Å². The fourth-order valence-electron chi connectivity index (χ4n) is 1.35. The number of benzene rings is 1. The van der Waals surface area contributed by atoms with Crippen LogP contribution in [0.15, 0.2) is 24.3 Å². The number of nitrogens with zero attached hydrogens (tertiary/aromatic N) is 1. The molecule has 0 aromatic heterocycles. The van der Waals surface area contributed by atoms with Gasteiger partial charge in [0.05, 0.1) is 11.5 Å².